The van der Waals surface area contributed by atoms with Crippen LogP contribution in [0.4, 0.5) is 5.82 Å². The summed E-state index contributed by atoms with van der Waals surface area (Å²) >= 11 is 0. The SMILES string of the molecule is COc1cc2nc(C)nc(N3CCN(CCP(=O)(O)O)CC3)c2cc1OC. The third-order valence-electron chi connectivity index (χ3n) is 4.67. The molecule has 0 unspecified atom stereocenters. The van der Waals surface area contributed by atoms with Crippen LogP contribution in [0.15, 0.2) is 12.1 Å². The van der Waals surface area contributed by atoms with E-state index in [9.17, 15) is 4.57 Å². The van der Waals surface area contributed by atoms with Crippen LogP contribution in [0.5, 0.6) is 11.5 Å². The number of ether oxygens (including phenoxy) is 2. The summed E-state index contributed by atoms with van der Waals surface area (Å²) in [6.45, 7) is 5.14. The zero-order valence-electron chi connectivity index (χ0n) is 15.8. The van der Waals surface area contributed by atoms with E-state index in [1.807, 2.05) is 19.1 Å². The van der Waals surface area contributed by atoms with Crippen LogP contribution in [0.3, 0.4) is 0 Å². The van der Waals surface area contributed by atoms with Crippen LogP contribution in [-0.4, -0.2) is 77.8 Å². The third-order valence-corrected chi connectivity index (χ3v) is 5.45. The molecule has 2 N–H and O–H groups in total. The lowest BCUT2D eigenvalue weighted by molar-refractivity contribution is 0.264. The van der Waals surface area contributed by atoms with Gasteiger partial charge in [-0.15, -0.1) is 0 Å². The van der Waals surface area contributed by atoms with E-state index in [2.05, 4.69) is 19.8 Å². The van der Waals surface area contributed by atoms with E-state index < -0.39 is 7.60 Å². The van der Waals surface area contributed by atoms with Crippen LogP contribution >= 0.6 is 7.60 Å². The number of rotatable bonds is 6. The Morgan fingerprint density at radius 2 is 1.70 bits per heavy atom. The molecule has 1 aromatic carbocycles. The van der Waals surface area contributed by atoms with Crippen LogP contribution in [0.1, 0.15) is 5.82 Å². The summed E-state index contributed by atoms with van der Waals surface area (Å²) < 4.78 is 21.9. The van der Waals surface area contributed by atoms with Crippen molar-refractivity contribution in [2.75, 3.05) is 58.0 Å². The average molecular weight is 396 g/mol. The number of benzene rings is 1. The molecule has 27 heavy (non-hydrogen) atoms. The van der Waals surface area contributed by atoms with Crippen LogP contribution < -0.4 is 14.4 Å². The standard InChI is InChI=1S/C17H25N4O5P/c1-12-18-14-11-16(26-3)15(25-2)10-13(14)17(19-12)21-6-4-20(5-7-21)8-9-27(22,23)24/h10-11H,4-9H2,1-3H3,(H2,22,23,24). The normalized spacial score (nSPS) is 16.0. The van der Waals surface area contributed by atoms with Crippen molar-refractivity contribution >= 4 is 24.3 Å². The van der Waals surface area contributed by atoms with E-state index in [-0.39, 0.29) is 6.16 Å². The van der Waals surface area contributed by atoms with Gasteiger partial charge in [-0.3, -0.25) is 9.46 Å². The molecule has 1 aliphatic heterocycles. The van der Waals surface area contributed by atoms with Gasteiger partial charge in [0.15, 0.2) is 11.5 Å². The molecule has 2 heterocycles. The Balaban J connectivity index is 1.83. The lowest BCUT2D eigenvalue weighted by Crippen LogP contribution is -2.47. The summed E-state index contributed by atoms with van der Waals surface area (Å²) in [5, 5.41) is 0.891. The Bertz CT molecular complexity index is 864. The van der Waals surface area contributed by atoms with Crippen LogP contribution in [0, 0.1) is 6.92 Å². The second-order valence-corrected chi connectivity index (χ2v) is 8.31. The molecule has 0 radical (unpaired) electrons. The van der Waals surface area contributed by atoms with E-state index >= 15 is 0 Å². The van der Waals surface area contributed by atoms with Crippen molar-refractivity contribution in [3.05, 3.63) is 18.0 Å². The first-order valence-electron chi connectivity index (χ1n) is 8.73. The number of piperazine rings is 1. The summed E-state index contributed by atoms with van der Waals surface area (Å²) in [4.78, 5) is 31.5. The second-order valence-electron chi connectivity index (χ2n) is 6.54. The number of nitrogens with zero attached hydrogens (tertiary/aromatic N) is 4. The number of aryl methyl sites for hydroxylation is 1. The Morgan fingerprint density at radius 1 is 1.07 bits per heavy atom. The van der Waals surface area contributed by atoms with E-state index in [0.717, 1.165) is 42.9 Å². The van der Waals surface area contributed by atoms with Gasteiger partial charge in [0.05, 0.1) is 25.9 Å². The molecule has 0 amide bonds. The topological polar surface area (TPSA) is 108 Å². The van der Waals surface area contributed by atoms with E-state index in [1.54, 1.807) is 14.2 Å². The van der Waals surface area contributed by atoms with Crippen LogP contribution in [0.25, 0.3) is 10.9 Å². The van der Waals surface area contributed by atoms with E-state index in [1.165, 1.54) is 0 Å². The van der Waals surface area contributed by atoms with Gasteiger partial charge in [0.25, 0.3) is 0 Å². The number of aromatic nitrogens is 2. The molecule has 148 valence electrons. The molecule has 0 spiro atoms. The smallest absolute Gasteiger partial charge is 0.326 e. The molecular weight excluding hydrogens is 371 g/mol. The van der Waals surface area contributed by atoms with Gasteiger partial charge in [-0.05, 0) is 13.0 Å². The minimum atomic E-state index is -3.96. The lowest BCUT2D eigenvalue weighted by Gasteiger charge is -2.36. The maximum atomic E-state index is 11.1. The number of fused-ring (bicyclic) bond motifs is 1. The van der Waals surface area contributed by atoms with Crippen molar-refractivity contribution in [3.8, 4) is 11.5 Å². The highest BCUT2D eigenvalue weighted by molar-refractivity contribution is 7.51. The Hall–Kier alpha value is -1.93. The molecule has 0 bridgehead atoms. The van der Waals surface area contributed by atoms with Crippen molar-refractivity contribution in [2.45, 2.75) is 6.92 Å². The van der Waals surface area contributed by atoms with Crippen molar-refractivity contribution < 1.29 is 23.8 Å². The van der Waals surface area contributed by atoms with E-state index in [4.69, 9.17) is 19.3 Å². The van der Waals surface area contributed by atoms with Gasteiger partial charge in [-0.2, -0.15) is 0 Å². The average Bonchev–Trinajstić information content (AvgIpc) is 2.64. The summed E-state index contributed by atoms with van der Waals surface area (Å²) in [6.07, 6.45) is -0.112. The molecule has 3 rings (SSSR count). The number of hydrogen-bond acceptors (Lipinski definition) is 7. The fraction of sp³-hybridized carbons (Fsp3) is 0.529. The Morgan fingerprint density at radius 3 is 2.30 bits per heavy atom. The molecular formula is C17H25N4O5P. The lowest BCUT2D eigenvalue weighted by atomic mass is 10.1. The maximum absolute atomic E-state index is 11.1. The van der Waals surface area contributed by atoms with Gasteiger partial charge in [-0.25, -0.2) is 9.97 Å². The first-order chi connectivity index (χ1) is 12.8. The van der Waals surface area contributed by atoms with E-state index in [0.29, 0.717) is 23.9 Å². The molecule has 2 aromatic rings. The summed E-state index contributed by atoms with van der Waals surface area (Å²) in [6, 6.07) is 3.74. The predicted octanol–water partition coefficient (Wildman–Crippen LogP) is 1.26. The number of hydrogen-bond donors (Lipinski definition) is 2. The second kappa shape index (κ2) is 7.98. The monoisotopic (exact) mass is 396 g/mol. The van der Waals surface area contributed by atoms with Gasteiger partial charge < -0.3 is 24.2 Å². The van der Waals surface area contributed by atoms with Crippen LogP contribution in [0.2, 0.25) is 0 Å². The first kappa shape index (κ1) is 19.8. The minimum absolute atomic E-state index is 0.112. The molecule has 1 fully saturated rings. The molecule has 0 aliphatic carbocycles. The Kier molecular flexibility index (Phi) is 5.86. The van der Waals surface area contributed by atoms with Crippen molar-refractivity contribution in [3.63, 3.8) is 0 Å². The quantitative estimate of drug-likeness (QED) is 0.698. The highest BCUT2D eigenvalue weighted by Gasteiger charge is 2.23. The maximum Gasteiger partial charge on any atom is 0.326 e. The van der Waals surface area contributed by atoms with Gasteiger partial charge in [0, 0.05) is 44.2 Å². The molecule has 10 heteroatoms. The van der Waals surface area contributed by atoms with Crippen LogP contribution in [-0.2, 0) is 4.57 Å². The van der Waals surface area contributed by atoms with Gasteiger partial charge >= 0.3 is 7.60 Å². The first-order valence-corrected chi connectivity index (χ1v) is 10.5. The highest BCUT2D eigenvalue weighted by atomic mass is 31.2. The van der Waals surface area contributed by atoms with Gasteiger partial charge in [0.1, 0.15) is 11.6 Å². The molecule has 1 saturated heterocycles. The number of anilines is 1. The zero-order valence-corrected chi connectivity index (χ0v) is 16.6. The largest absolute Gasteiger partial charge is 0.493 e. The molecule has 0 saturated carbocycles. The highest BCUT2D eigenvalue weighted by Crippen LogP contribution is 2.36. The predicted molar refractivity (Wildman–Crippen MR) is 103 cm³/mol. The molecule has 1 aliphatic rings. The summed E-state index contributed by atoms with van der Waals surface area (Å²) in [5.74, 6) is 2.76. The van der Waals surface area contributed by atoms with Crippen molar-refractivity contribution in [2.24, 2.45) is 0 Å². The fourth-order valence-corrected chi connectivity index (χ4v) is 3.79. The van der Waals surface area contributed by atoms with Crippen molar-refractivity contribution in [1.82, 2.24) is 14.9 Å². The van der Waals surface area contributed by atoms with Gasteiger partial charge in [-0.1, -0.05) is 0 Å². The fourth-order valence-electron chi connectivity index (χ4n) is 3.25. The van der Waals surface area contributed by atoms with Gasteiger partial charge in [0.2, 0.25) is 0 Å². The third kappa shape index (κ3) is 4.68. The molecule has 0 atom stereocenters. The van der Waals surface area contributed by atoms with Crippen molar-refractivity contribution in [1.29, 1.82) is 0 Å². The number of methoxy groups -OCH3 is 2. The molecule has 9 nitrogen and oxygen atoms in total. The minimum Gasteiger partial charge on any atom is -0.493 e. The summed E-state index contributed by atoms with van der Waals surface area (Å²) in [7, 11) is -0.775. The molecule has 1 aromatic heterocycles. The zero-order chi connectivity index (χ0) is 19.6. The summed E-state index contributed by atoms with van der Waals surface area (Å²) in [5.41, 5.74) is 0.791. The Labute approximate surface area is 158 Å².